The van der Waals surface area contributed by atoms with Crippen molar-refractivity contribution in [1.82, 2.24) is 4.98 Å². The molecule has 6 aromatic carbocycles. The van der Waals surface area contributed by atoms with E-state index < -0.39 is 0 Å². The van der Waals surface area contributed by atoms with Gasteiger partial charge in [-0.2, -0.15) is 0 Å². The molecule has 0 unspecified atom stereocenters. The Labute approximate surface area is 199 Å². The van der Waals surface area contributed by atoms with Crippen molar-refractivity contribution in [1.29, 1.82) is 0 Å². The Morgan fingerprint density at radius 2 is 0.939 bits per heavy atom. The van der Waals surface area contributed by atoms with Crippen LogP contribution in [0.2, 0.25) is 0 Å². The van der Waals surface area contributed by atoms with Crippen molar-refractivity contribution in [2.24, 2.45) is 0 Å². The van der Waals surface area contributed by atoms with Gasteiger partial charge in [0, 0.05) is 26.2 Å². The second-order valence-electron chi connectivity index (χ2n) is 8.46. The van der Waals surface area contributed by atoms with Crippen molar-refractivity contribution in [2.75, 3.05) is 0 Å². The smallest absolute Gasteiger partial charge is 0.0800 e. The standard InChI is InChI=1S/C31H18BrN/c32-27-18-17-25(21-11-1-4-12-22(21)27)31-30-24-14-6-3-10-20(24)19-9-2-5-13-23(19)29(30)26-15-7-8-16-28(26)33-31/h1-18H. The summed E-state index contributed by atoms with van der Waals surface area (Å²) < 4.78 is 1.10. The molecule has 0 atom stereocenters. The van der Waals surface area contributed by atoms with E-state index in [4.69, 9.17) is 4.98 Å². The molecule has 154 valence electrons. The highest BCUT2D eigenvalue weighted by Gasteiger charge is 2.18. The highest BCUT2D eigenvalue weighted by atomic mass is 79.9. The number of aromatic nitrogens is 1. The molecule has 0 spiro atoms. The highest BCUT2D eigenvalue weighted by molar-refractivity contribution is 9.10. The third-order valence-corrected chi connectivity index (χ3v) is 7.39. The molecule has 33 heavy (non-hydrogen) atoms. The van der Waals surface area contributed by atoms with Crippen molar-refractivity contribution in [3.63, 3.8) is 0 Å². The van der Waals surface area contributed by atoms with Crippen LogP contribution >= 0.6 is 15.9 Å². The van der Waals surface area contributed by atoms with Gasteiger partial charge in [-0.15, -0.1) is 0 Å². The molecule has 0 amide bonds. The quantitative estimate of drug-likeness (QED) is 0.212. The van der Waals surface area contributed by atoms with Crippen LogP contribution in [0.4, 0.5) is 0 Å². The molecular weight excluding hydrogens is 466 g/mol. The number of benzene rings is 6. The number of pyridine rings is 1. The number of nitrogens with zero attached hydrogens (tertiary/aromatic N) is 1. The molecular formula is C31H18BrN. The van der Waals surface area contributed by atoms with Crippen LogP contribution in [-0.2, 0) is 0 Å². The average molecular weight is 484 g/mol. The second-order valence-corrected chi connectivity index (χ2v) is 9.31. The minimum atomic E-state index is 1.02. The van der Waals surface area contributed by atoms with Gasteiger partial charge in [-0.05, 0) is 44.5 Å². The van der Waals surface area contributed by atoms with Crippen LogP contribution < -0.4 is 0 Å². The molecule has 7 aromatic rings. The monoisotopic (exact) mass is 483 g/mol. The Balaban J connectivity index is 1.82. The highest BCUT2D eigenvalue weighted by Crippen LogP contribution is 2.44. The second kappa shape index (κ2) is 7.13. The van der Waals surface area contributed by atoms with Gasteiger partial charge in [-0.3, -0.25) is 0 Å². The normalized spacial score (nSPS) is 11.8. The SMILES string of the molecule is Brc1ccc(-c2nc3ccccc3c3c4ccccc4c4ccccc4c23)c2ccccc12. The maximum absolute atomic E-state index is 5.30. The van der Waals surface area contributed by atoms with E-state index in [1.54, 1.807) is 0 Å². The minimum Gasteiger partial charge on any atom is -0.247 e. The third kappa shape index (κ3) is 2.68. The lowest BCUT2D eigenvalue weighted by molar-refractivity contribution is 1.44. The first-order valence-corrected chi connectivity index (χ1v) is 11.9. The Morgan fingerprint density at radius 1 is 0.424 bits per heavy atom. The molecule has 0 aliphatic carbocycles. The van der Waals surface area contributed by atoms with Crippen molar-refractivity contribution < 1.29 is 0 Å². The summed E-state index contributed by atoms with van der Waals surface area (Å²) in [6.45, 7) is 0. The van der Waals surface area contributed by atoms with E-state index in [0.717, 1.165) is 21.2 Å². The Bertz CT molecular complexity index is 1880. The topological polar surface area (TPSA) is 12.9 Å². The fourth-order valence-electron chi connectivity index (χ4n) is 5.29. The van der Waals surface area contributed by atoms with E-state index in [2.05, 4.69) is 125 Å². The van der Waals surface area contributed by atoms with Gasteiger partial charge in [0.15, 0.2) is 0 Å². The molecule has 0 saturated heterocycles. The fourth-order valence-corrected chi connectivity index (χ4v) is 5.77. The summed E-state index contributed by atoms with van der Waals surface area (Å²) in [5, 5.41) is 11.1. The summed E-state index contributed by atoms with van der Waals surface area (Å²) in [4.78, 5) is 5.30. The van der Waals surface area contributed by atoms with E-state index in [-0.39, 0.29) is 0 Å². The lowest BCUT2D eigenvalue weighted by atomic mass is 9.89. The number of halogens is 1. The zero-order valence-electron chi connectivity index (χ0n) is 17.7. The van der Waals surface area contributed by atoms with Crippen LogP contribution in [-0.4, -0.2) is 4.98 Å². The lowest BCUT2D eigenvalue weighted by Gasteiger charge is -2.17. The summed E-state index contributed by atoms with van der Waals surface area (Å²) in [6, 6.07) is 38.9. The fraction of sp³-hybridized carbons (Fsp3) is 0. The molecule has 1 nitrogen and oxygen atoms in total. The molecule has 0 saturated carbocycles. The largest absolute Gasteiger partial charge is 0.247 e. The Morgan fingerprint density at radius 3 is 1.64 bits per heavy atom. The van der Waals surface area contributed by atoms with Crippen molar-refractivity contribution in [2.45, 2.75) is 0 Å². The summed E-state index contributed by atoms with van der Waals surface area (Å²) in [6.07, 6.45) is 0. The van der Waals surface area contributed by atoms with Gasteiger partial charge in [-0.25, -0.2) is 4.98 Å². The molecule has 0 radical (unpaired) electrons. The minimum absolute atomic E-state index is 1.02. The van der Waals surface area contributed by atoms with Gasteiger partial charge < -0.3 is 0 Å². The molecule has 1 aromatic heterocycles. The van der Waals surface area contributed by atoms with E-state index in [1.807, 2.05) is 0 Å². The Hall–Kier alpha value is -3.75. The van der Waals surface area contributed by atoms with Gasteiger partial charge in [0.25, 0.3) is 0 Å². The van der Waals surface area contributed by atoms with Crippen molar-refractivity contribution >= 4 is 69.9 Å². The number of para-hydroxylation sites is 1. The summed E-state index contributed by atoms with van der Waals surface area (Å²) >= 11 is 3.75. The van der Waals surface area contributed by atoms with Crippen LogP contribution in [0, 0.1) is 0 Å². The molecule has 0 fully saturated rings. The van der Waals surface area contributed by atoms with Gasteiger partial charge in [0.1, 0.15) is 0 Å². The molecule has 0 N–H and O–H groups in total. The van der Waals surface area contributed by atoms with E-state index in [0.29, 0.717) is 0 Å². The lowest BCUT2D eigenvalue weighted by Crippen LogP contribution is -1.93. The Kier molecular flexibility index (Phi) is 4.06. The van der Waals surface area contributed by atoms with Gasteiger partial charge in [0.05, 0.1) is 11.2 Å². The number of rotatable bonds is 1. The first kappa shape index (κ1) is 18.8. The number of hydrogen-bond acceptors (Lipinski definition) is 1. The zero-order chi connectivity index (χ0) is 21.9. The zero-order valence-corrected chi connectivity index (χ0v) is 19.3. The molecule has 0 aliphatic rings. The number of hydrogen-bond donors (Lipinski definition) is 0. The van der Waals surface area contributed by atoms with Gasteiger partial charge in [0.2, 0.25) is 0 Å². The molecule has 1 heterocycles. The first-order valence-electron chi connectivity index (χ1n) is 11.1. The maximum Gasteiger partial charge on any atom is 0.0800 e. The first-order chi connectivity index (χ1) is 16.3. The summed E-state index contributed by atoms with van der Waals surface area (Å²) in [5.74, 6) is 0. The molecule has 7 rings (SSSR count). The summed E-state index contributed by atoms with van der Waals surface area (Å²) in [7, 11) is 0. The van der Waals surface area contributed by atoms with Crippen molar-refractivity contribution in [3.8, 4) is 11.3 Å². The molecule has 0 aliphatic heterocycles. The van der Waals surface area contributed by atoms with Crippen LogP contribution in [0.25, 0.3) is 65.3 Å². The summed E-state index contributed by atoms with van der Waals surface area (Å²) in [5.41, 5.74) is 3.21. The van der Waals surface area contributed by atoms with E-state index in [9.17, 15) is 0 Å². The van der Waals surface area contributed by atoms with Crippen LogP contribution in [0.5, 0.6) is 0 Å². The van der Waals surface area contributed by atoms with E-state index >= 15 is 0 Å². The molecule has 0 bridgehead atoms. The van der Waals surface area contributed by atoms with Crippen LogP contribution in [0.3, 0.4) is 0 Å². The predicted molar refractivity (Wildman–Crippen MR) is 145 cm³/mol. The number of fused-ring (bicyclic) bond motifs is 9. The van der Waals surface area contributed by atoms with E-state index in [1.165, 1.54) is 48.5 Å². The molecule has 2 heteroatoms. The van der Waals surface area contributed by atoms with Gasteiger partial charge in [-0.1, -0.05) is 113 Å². The van der Waals surface area contributed by atoms with Gasteiger partial charge >= 0.3 is 0 Å². The van der Waals surface area contributed by atoms with Crippen molar-refractivity contribution in [3.05, 3.63) is 114 Å². The van der Waals surface area contributed by atoms with Crippen LogP contribution in [0.15, 0.2) is 114 Å². The third-order valence-electron chi connectivity index (χ3n) is 6.70. The average Bonchev–Trinajstić information content (AvgIpc) is 2.88. The predicted octanol–water partition coefficient (Wildman–Crippen LogP) is 9.28. The van der Waals surface area contributed by atoms with Crippen LogP contribution in [0.1, 0.15) is 0 Å². The maximum atomic E-state index is 5.30.